The maximum Gasteiger partial charge on any atom is 0.0593 e. The Bertz CT molecular complexity index is 331. The average molecular weight is 296 g/mol. The summed E-state index contributed by atoms with van der Waals surface area (Å²) in [5.41, 5.74) is 7.13. The number of hydrogen-bond donors (Lipinski definition) is 1. The normalized spacial score (nSPS) is 27.0. The van der Waals surface area contributed by atoms with Crippen molar-refractivity contribution in [1.29, 1.82) is 0 Å². The van der Waals surface area contributed by atoms with E-state index in [0.717, 1.165) is 32.2 Å². The van der Waals surface area contributed by atoms with Crippen LogP contribution in [-0.2, 0) is 4.74 Å². The van der Waals surface area contributed by atoms with Crippen molar-refractivity contribution in [2.24, 2.45) is 22.5 Å². The molecule has 124 valence electrons. The molecule has 21 heavy (non-hydrogen) atoms. The van der Waals surface area contributed by atoms with Crippen LogP contribution in [0.4, 0.5) is 0 Å². The molecule has 0 heterocycles. The summed E-state index contributed by atoms with van der Waals surface area (Å²) in [5.74, 6) is 0.853. The second kappa shape index (κ2) is 6.17. The van der Waals surface area contributed by atoms with E-state index in [1.54, 1.807) is 0 Å². The van der Waals surface area contributed by atoms with Gasteiger partial charge in [-0.2, -0.15) is 0 Å². The van der Waals surface area contributed by atoms with E-state index >= 15 is 0 Å². The van der Waals surface area contributed by atoms with Crippen molar-refractivity contribution in [3.05, 3.63) is 0 Å². The zero-order chi connectivity index (χ0) is 15.7. The van der Waals surface area contributed by atoms with Crippen LogP contribution in [0.2, 0.25) is 0 Å². The number of rotatable bonds is 7. The molecule has 0 amide bonds. The standard InChI is InChI=1S/C18H36N2O/c1-16(2)11-17(3,4)13-18(12-16,14-19)20(5)8-9-21-10-15-6-7-15/h15H,6-14,19H2,1-5H3. The molecule has 3 heteroatoms. The Morgan fingerprint density at radius 2 is 1.62 bits per heavy atom. The van der Waals surface area contributed by atoms with Gasteiger partial charge in [0.2, 0.25) is 0 Å². The molecule has 0 unspecified atom stereocenters. The van der Waals surface area contributed by atoms with Crippen molar-refractivity contribution in [3.8, 4) is 0 Å². The van der Waals surface area contributed by atoms with Gasteiger partial charge in [0.15, 0.2) is 0 Å². The van der Waals surface area contributed by atoms with Crippen LogP contribution in [0.5, 0.6) is 0 Å². The molecule has 0 atom stereocenters. The van der Waals surface area contributed by atoms with Gasteiger partial charge in [-0.1, -0.05) is 27.7 Å². The molecule has 0 aromatic heterocycles. The molecule has 0 radical (unpaired) electrons. The van der Waals surface area contributed by atoms with Crippen molar-refractivity contribution in [1.82, 2.24) is 4.90 Å². The minimum Gasteiger partial charge on any atom is -0.380 e. The van der Waals surface area contributed by atoms with Gasteiger partial charge in [0, 0.05) is 25.2 Å². The Labute approximate surface area is 131 Å². The Hall–Kier alpha value is -0.120. The van der Waals surface area contributed by atoms with Gasteiger partial charge in [-0.3, -0.25) is 4.90 Å². The van der Waals surface area contributed by atoms with Crippen LogP contribution >= 0.6 is 0 Å². The fraction of sp³-hybridized carbons (Fsp3) is 1.00. The lowest BCUT2D eigenvalue weighted by Gasteiger charge is -2.55. The minimum absolute atomic E-state index is 0.133. The van der Waals surface area contributed by atoms with Crippen LogP contribution in [0.25, 0.3) is 0 Å². The molecule has 2 aliphatic carbocycles. The van der Waals surface area contributed by atoms with Crippen molar-refractivity contribution in [2.75, 3.05) is 33.4 Å². The quantitative estimate of drug-likeness (QED) is 0.733. The molecule has 0 bridgehead atoms. The van der Waals surface area contributed by atoms with E-state index in [1.807, 2.05) is 0 Å². The molecule has 0 aromatic rings. The number of likely N-dealkylation sites (N-methyl/N-ethyl adjacent to an activating group) is 1. The first kappa shape index (κ1) is 17.2. The number of nitrogens with two attached hydrogens (primary N) is 1. The fourth-order valence-electron chi connectivity index (χ4n) is 4.81. The number of ether oxygens (including phenoxy) is 1. The van der Waals surface area contributed by atoms with E-state index < -0.39 is 0 Å². The largest absolute Gasteiger partial charge is 0.380 e. The Kier molecular flexibility index (Phi) is 5.07. The Morgan fingerprint density at radius 1 is 1.05 bits per heavy atom. The van der Waals surface area contributed by atoms with Crippen LogP contribution in [0, 0.1) is 16.7 Å². The van der Waals surface area contributed by atoms with Gasteiger partial charge in [-0.05, 0) is 55.9 Å². The van der Waals surface area contributed by atoms with Gasteiger partial charge in [0.05, 0.1) is 6.61 Å². The molecule has 3 nitrogen and oxygen atoms in total. The highest BCUT2D eigenvalue weighted by Crippen LogP contribution is 2.51. The summed E-state index contributed by atoms with van der Waals surface area (Å²) in [7, 11) is 2.24. The molecule has 0 aromatic carbocycles. The smallest absolute Gasteiger partial charge is 0.0593 e. The van der Waals surface area contributed by atoms with Crippen LogP contribution in [0.3, 0.4) is 0 Å². The molecular formula is C18H36N2O. The van der Waals surface area contributed by atoms with Crippen LogP contribution in [0.15, 0.2) is 0 Å². The van der Waals surface area contributed by atoms with Gasteiger partial charge < -0.3 is 10.5 Å². The lowest BCUT2D eigenvalue weighted by Crippen LogP contribution is -2.60. The lowest BCUT2D eigenvalue weighted by molar-refractivity contribution is -0.0417. The summed E-state index contributed by atoms with van der Waals surface area (Å²) in [5, 5.41) is 0. The van der Waals surface area contributed by atoms with E-state index in [1.165, 1.54) is 32.1 Å². The molecule has 2 N–H and O–H groups in total. The zero-order valence-electron chi connectivity index (χ0n) is 14.9. The highest BCUT2D eigenvalue weighted by molar-refractivity contribution is 5.03. The SMILES string of the molecule is CN(CCOCC1CC1)C1(CN)CC(C)(C)CC(C)(C)C1. The molecule has 2 fully saturated rings. The minimum atomic E-state index is 0.133. The summed E-state index contributed by atoms with van der Waals surface area (Å²) in [4.78, 5) is 2.49. The zero-order valence-corrected chi connectivity index (χ0v) is 14.9. The second-order valence-electron chi connectivity index (χ2n) is 9.23. The van der Waals surface area contributed by atoms with Gasteiger partial charge in [-0.25, -0.2) is 0 Å². The molecule has 2 saturated carbocycles. The highest BCUT2D eigenvalue weighted by Gasteiger charge is 2.48. The van der Waals surface area contributed by atoms with Gasteiger partial charge >= 0.3 is 0 Å². The van der Waals surface area contributed by atoms with E-state index in [9.17, 15) is 0 Å². The summed E-state index contributed by atoms with van der Waals surface area (Å²) >= 11 is 0. The third kappa shape index (κ3) is 4.67. The first-order chi connectivity index (χ1) is 9.68. The predicted molar refractivity (Wildman–Crippen MR) is 89.4 cm³/mol. The number of nitrogens with zero attached hydrogens (tertiary/aromatic N) is 1. The molecule has 0 spiro atoms. The van der Waals surface area contributed by atoms with E-state index in [4.69, 9.17) is 10.5 Å². The predicted octanol–water partition coefficient (Wildman–Crippen LogP) is 3.28. The topological polar surface area (TPSA) is 38.5 Å². The van der Waals surface area contributed by atoms with Gasteiger partial charge in [-0.15, -0.1) is 0 Å². The van der Waals surface area contributed by atoms with Gasteiger partial charge in [0.25, 0.3) is 0 Å². The Morgan fingerprint density at radius 3 is 2.10 bits per heavy atom. The number of hydrogen-bond acceptors (Lipinski definition) is 3. The van der Waals surface area contributed by atoms with Crippen LogP contribution in [0.1, 0.15) is 59.8 Å². The van der Waals surface area contributed by atoms with Crippen molar-refractivity contribution in [2.45, 2.75) is 65.3 Å². The summed E-state index contributed by atoms with van der Waals surface area (Å²) < 4.78 is 5.83. The van der Waals surface area contributed by atoms with Crippen molar-refractivity contribution >= 4 is 0 Å². The molecule has 2 aliphatic rings. The molecular weight excluding hydrogens is 260 g/mol. The second-order valence-corrected chi connectivity index (χ2v) is 9.23. The maximum absolute atomic E-state index is 6.26. The summed E-state index contributed by atoms with van der Waals surface area (Å²) in [6.07, 6.45) is 6.40. The molecule has 0 aliphatic heterocycles. The first-order valence-electron chi connectivity index (χ1n) is 8.67. The molecule has 0 saturated heterocycles. The summed E-state index contributed by atoms with van der Waals surface area (Å²) in [6, 6.07) is 0. The third-order valence-corrected chi connectivity index (χ3v) is 5.38. The third-order valence-electron chi connectivity index (χ3n) is 5.38. The van der Waals surface area contributed by atoms with E-state index in [0.29, 0.717) is 10.8 Å². The van der Waals surface area contributed by atoms with Crippen LogP contribution < -0.4 is 5.73 Å². The highest BCUT2D eigenvalue weighted by atomic mass is 16.5. The van der Waals surface area contributed by atoms with Crippen LogP contribution in [-0.4, -0.2) is 43.8 Å². The fourth-order valence-corrected chi connectivity index (χ4v) is 4.81. The van der Waals surface area contributed by atoms with Gasteiger partial charge in [0.1, 0.15) is 0 Å². The first-order valence-corrected chi connectivity index (χ1v) is 8.67. The average Bonchev–Trinajstić information content (AvgIpc) is 3.14. The Balaban J connectivity index is 1.93. The molecule has 2 rings (SSSR count). The van der Waals surface area contributed by atoms with E-state index in [-0.39, 0.29) is 5.54 Å². The summed E-state index contributed by atoms with van der Waals surface area (Å²) in [6.45, 7) is 13.1. The van der Waals surface area contributed by atoms with E-state index in [2.05, 4.69) is 39.6 Å². The monoisotopic (exact) mass is 296 g/mol. The lowest BCUT2D eigenvalue weighted by atomic mass is 9.58. The van der Waals surface area contributed by atoms with Crippen molar-refractivity contribution < 1.29 is 4.74 Å². The van der Waals surface area contributed by atoms with Crippen molar-refractivity contribution in [3.63, 3.8) is 0 Å². The maximum atomic E-state index is 6.26.